The van der Waals surface area contributed by atoms with Gasteiger partial charge in [-0.15, -0.1) is 0 Å². The number of amides is 3. The van der Waals surface area contributed by atoms with Crippen molar-refractivity contribution in [2.24, 2.45) is 0 Å². The number of carbonyl (C=O) groups is 3. The summed E-state index contributed by atoms with van der Waals surface area (Å²) in [6, 6.07) is 9.95. The molecule has 1 aromatic rings. The molecule has 1 N–H and O–H groups in total. The van der Waals surface area contributed by atoms with E-state index in [2.05, 4.69) is 5.32 Å². The third kappa shape index (κ3) is 5.58. The summed E-state index contributed by atoms with van der Waals surface area (Å²) in [7, 11) is 0. The minimum Gasteiger partial charge on any atom is -0.356 e. The third-order valence-electron chi connectivity index (χ3n) is 4.90. The van der Waals surface area contributed by atoms with E-state index >= 15 is 0 Å². The summed E-state index contributed by atoms with van der Waals surface area (Å²) in [5.74, 6) is 0.0225. The first-order valence-electron chi connectivity index (χ1n) is 9.15. The van der Waals surface area contributed by atoms with E-state index in [0.29, 0.717) is 39.1 Å². The van der Waals surface area contributed by atoms with Crippen LogP contribution in [0.2, 0.25) is 0 Å². The molecule has 1 heterocycles. The van der Waals surface area contributed by atoms with Gasteiger partial charge in [0.05, 0.1) is 0 Å². The maximum atomic E-state index is 12.2. The van der Waals surface area contributed by atoms with Gasteiger partial charge in [-0.05, 0) is 11.0 Å². The number of hydrogen-bond acceptors (Lipinski definition) is 3. The second kappa shape index (κ2) is 8.83. The van der Waals surface area contributed by atoms with Gasteiger partial charge in [-0.25, -0.2) is 0 Å². The fourth-order valence-electron chi connectivity index (χ4n) is 3.19. The number of hydrogen-bond donors (Lipinski definition) is 1. The van der Waals surface area contributed by atoms with Crippen molar-refractivity contribution in [1.29, 1.82) is 0 Å². The molecule has 1 saturated heterocycles. The van der Waals surface area contributed by atoms with E-state index < -0.39 is 0 Å². The van der Waals surface area contributed by atoms with Crippen LogP contribution in [0.5, 0.6) is 0 Å². The van der Waals surface area contributed by atoms with Crippen molar-refractivity contribution in [3.63, 3.8) is 0 Å². The van der Waals surface area contributed by atoms with Gasteiger partial charge in [-0.3, -0.25) is 14.4 Å². The minimum absolute atomic E-state index is 0.0239. The Morgan fingerprint density at radius 3 is 2.15 bits per heavy atom. The van der Waals surface area contributed by atoms with E-state index in [4.69, 9.17) is 0 Å². The summed E-state index contributed by atoms with van der Waals surface area (Å²) in [6.07, 6.45) is 0.667. The smallest absolute Gasteiger partial charge is 0.224 e. The number of carbonyl (C=O) groups excluding carboxylic acids is 3. The number of rotatable bonds is 6. The van der Waals surface area contributed by atoms with Gasteiger partial charge in [0.15, 0.2) is 0 Å². The lowest BCUT2D eigenvalue weighted by atomic mass is 9.81. The van der Waals surface area contributed by atoms with E-state index in [1.807, 2.05) is 44.2 Å². The lowest BCUT2D eigenvalue weighted by Crippen LogP contribution is -2.50. The Hall–Kier alpha value is -2.37. The van der Waals surface area contributed by atoms with Crippen LogP contribution in [0.4, 0.5) is 0 Å². The summed E-state index contributed by atoms with van der Waals surface area (Å²) in [5, 5.41) is 2.85. The van der Waals surface area contributed by atoms with Crippen molar-refractivity contribution in [3.8, 4) is 0 Å². The average molecular weight is 359 g/mol. The van der Waals surface area contributed by atoms with Crippen molar-refractivity contribution in [2.75, 3.05) is 32.7 Å². The maximum absolute atomic E-state index is 12.2. The summed E-state index contributed by atoms with van der Waals surface area (Å²) < 4.78 is 0. The molecule has 2 rings (SSSR count). The van der Waals surface area contributed by atoms with Gasteiger partial charge < -0.3 is 15.1 Å². The molecular formula is C20H29N3O3. The number of nitrogens with zero attached hydrogens (tertiary/aromatic N) is 2. The summed E-state index contributed by atoms with van der Waals surface area (Å²) in [4.78, 5) is 39.3. The molecule has 1 fully saturated rings. The molecule has 142 valence electrons. The van der Waals surface area contributed by atoms with E-state index in [1.54, 1.807) is 16.7 Å². The van der Waals surface area contributed by atoms with E-state index in [-0.39, 0.29) is 29.6 Å². The lowest BCUT2D eigenvalue weighted by molar-refractivity contribution is -0.138. The monoisotopic (exact) mass is 359 g/mol. The van der Waals surface area contributed by atoms with Gasteiger partial charge in [0.1, 0.15) is 0 Å². The van der Waals surface area contributed by atoms with Crippen molar-refractivity contribution in [2.45, 2.75) is 39.0 Å². The molecule has 0 atom stereocenters. The van der Waals surface area contributed by atoms with E-state index in [0.717, 1.165) is 5.56 Å². The van der Waals surface area contributed by atoms with Gasteiger partial charge in [-0.2, -0.15) is 0 Å². The predicted molar refractivity (Wildman–Crippen MR) is 101 cm³/mol. The standard InChI is InChI=1S/C20H29N3O3/c1-16(24)22-11-13-23(14-12-22)19(26)9-10-21-18(25)15-20(2,3)17-7-5-4-6-8-17/h4-8H,9-15H2,1-3H3,(H,21,25). The molecule has 0 radical (unpaired) electrons. The SMILES string of the molecule is CC(=O)N1CCN(C(=O)CCNC(=O)CC(C)(C)c2ccccc2)CC1. The highest BCUT2D eigenvalue weighted by molar-refractivity contribution is 5.80. The highest BCUT2D eigenvalue weighted by Crippen LogP contribution is 2.26. The van der Waals surface area contributed by atoms with Crippen molar-refractivity contribution < 1.29 is 14.4 Å². The van der Waals surface area contributed by atoms with Gasteiger partial charge in [0.25, 0.3) is 0 Å². The van der Waals surface area contributed by atoms with Gasteiger partial charge in [-0.1, -0.05) is 44.2 Å². The van der Waals surface area contributed by atoms with Crippen LogP contribution in [0.3, 0.4) is 0 Å². The molecule has 26 heavy (non-hydrogen) atoms. The molecule has 0 saturated carbocycles. The zero-order valence-electron chi connectivity index (χ0n) is 16.0. The molecule has 1 aliphatic heterocycles. The first-order valence-corrected chi connectivity index (χ1v) is 9.15. The van der Waals surface area contributed by atoms with Crippen molar-refractivity contribution in [3.05, 3.63) is 35.9 Å². The first kappa shape index (κ1) is 19.9. The molecular weight excluding hydrogens is 330 g/mol. The van der Waals surface area contributed by atoms with Crippen LogP contribution in [0.1, 0.15) is 39.2 Å². The largest absolute Gasteiger partial charge is 0.356 e. The molecule has 6 nitrogen and oxygen atoms in total. The minimum atomic E-state index is -0.252. The molecule has 3 amide bonds. The molecule has 6 heteroatoms. The van der Waals surface area contributed by atoms with Crippen LogP contribution in [0, 0.1) is 0 Å². The van der Waals surface area contributed by atoms with Gasteiger partial charge in [0.2, 0.25) is 17.7 Å². The van der Waals surface area contributed by atoms with Crippen LogP contribution in [0.25, 0.3) is 0 Å². The number of benzene rings is 1. The first-order chi connectivity index (χ1) is 12.3. The van der Waals surface area contributed by atoms with Crippen LogP contribution in [-0.4, -0.2) is 60.2 Å². The second-order valence-corrected chi connectivity index (χ2v) is 7.41. The molecule has 0 spiro atoms. The van der Waals surface area contributed by atoms with Gasteiger partial charge >= 0.3 is 0 Å². The predicted octanol–water partition coefficient (Wildman–Crippen LogP) is 1.55. The van der Waals surface area contributed by atoms with Crippen molar-refractivity contribution in [1.82, 2.24) is 15.1 Å². The molecule has 0 unspecified atom stereocenters. The van der Waals surface area contributed by atoms with E-state index in [9.17, 15) is 14.4 Å². The normalized spacial score (nSPS) is 14.9. The summed E-state index contributed by atoms with van der Waals surface area (Å²) in [6.45, 7) is 8.26. The topological polar surface area (TPSA) is 69.7 Å². The maximum Gasteiger partial charge on any atom is 0.224 e. The van der Waals surface area contributed by atoms with Crippen LogP contribution >= 0.6 is 0 Å². The fraction of sp³-hybridized carbons (Fsp3) is 0.550. The van der Waals surface area contributed by atoms with Crippen LogP contribution < -0.4 is 5.32 Å². The third-order valence-corrected chi connectivity index (χ3v) is 4.90. The van der Waals surface area contributed by atoms with E-state index in [1.165, 1.54) is 0 Å². The molecule has 0 aliphatic carbocycles. The second-order valence-electron chi connectivity index (χ2n) is 7.41. The Kier molecular flexibility index (Phi) is 6.77. The zero-order chi connectivity index (χ0) is 19.2. The molecule has 1 aliphatic rings. The van der Waals surface area contributed by atoms with Crippen molar-refractivity contribution >= 4 is 17.7 Å². The highest BCUT2D eigenvalue weighted by atomic mass is 16.2. The molecule has 0 bridgehead atoms. The average Bonchev–Trinajstić information content (AvgIpc) is 2.62. The summed E-state index contributed by atoms with van der Waals surface area (Å²) >= 11 is 0. The fourth-order valence-corrected chi connectivity index (χ4v) is 3.19. The highest BCUT2D eigenvalue weighted by Gasteiger charge is 2.25. The Bertz CT molecular complexity index is 635. The summed E-state index contributed by atoms with van der Waals surface area (Å²) in [5.41, 5.74) is 0.868. The lowest BCUT2D eigenvalue weighted by Gasteiger charge is -2.34. The van der Waals surface area contributed by atoms with Gasteiger partial charge in [0, 0.05) is 52.5 Å². The Morgan fingerprint density at radius 2 is 1.58 bits per heavy atom. The Labute approximate surface area is 155 Å². The molecule has 1 aromatic carbocycles. The number of nitrogens with one attached hydrogen (secondary N) is 1. The zero-order valence-corrected chi connectivity index (χ0v) is 16.0. The van der Waals surface area contributed by atoms with Crippen LogP contribution in [-0.2, 0) is 19.8 Å². The molecule has 0 aromatic heterocycles. The Morgan fingerprint density at radius 1 is 1.00 bits per heavy atom. The Balaban J connectivity index is 1.71. The number of piperazine rings is 1. The van der Waals surface area contributed by atoms with Crippen LogP contribution in [0.15, 0.2) is 30.3 Å². The quantitative estimate of drug-likeness (QED) is 0.838.